The fourth-order valence-corrected chi connectivity index (χ4v) is 4.28. The van der Waals surface area contributed by atoms with E-state index in [9.17, 15) is 4.79 Å². The van der Waals surface area contributed by atoms with Gasteiger partial charge in [0.25, 0.3) is 0 Å². The molecule has 25 heavy (non-hydrogen) atoms. The molecule has 138 valence electrons. The Morgan fingerprint density at radius 1 is 1.04 bits per heavy atom. The fourth-order valence-electron chi connectivity index (χ4n) is 4.28. The normalized spacial score (nSPS) is 25.6. The highest BCUT2D eigenvalue weighted by Gasteiger charge is 2.29. The molecule has 3 rings (SSSR count). The molecule has 1 aliphatic heterocycles. The van der Waals surface area contributed by atoms with E-state index in [1.165, 1.54) is 12.0 Å². The molecule has 4 nitrogen and oxygen atoms in total. The van der Waals surface area contributed by atoms with E-state index in [1.54, 1.807) is 0 Å². The van der Waals surface area contributed by atoms with Crippen LogP contribution in [0.2, 0.25) is 0 Å². The minimum Gasteiger partial charge on any atom is -0.341 e. The lowest BCUT2D eigenvalue weighted by Crippen LogP contribution is -2.42. The van der Waals surface area contributed by atoms with E-state index in [1.807, 2.05) is 0 Å². The second kappa shape index (κ2) is 9.35. The molecule has 1 heterocycles. The highest BCUT2D eigenvalue weighted by atomic mass is 16.2. The minimum absolute atomic E-state index is 0.174. The first-order chi connectivity index (χ1) is 12.2. The molecule has 0 bridgehead atoms. The lowest BCUT2D eigenvalue weighted by Gasteiger charge is -2.31. The molecular formula is C21H33N3O. The Morgan fingerprint density at radius 2 is 1.88 bits per heavy atom. The summed E-state index contributed by atoms with van der Waals surface area (Å²) in [5.74, 6) is 0.537. The number of amides is 1. The first-order valence-electron chi connectivity index (χ1n) is 10.0. The van der Waals surface area contributed by atoms with E-state index < -0.39 is 0 Å². The van der Waals surface area contributed by atoms with Gasteiger partial charge in [0.05, 0.1) is 0 Å². The number of nitrogens with two attached hydrogens (primary N) is 1. The zero-order valence-corrected chi connectivity index (χ0v) is 15.4. The Kier molecular flexibility index (Phi) is 6.88. The summed E-state index contributed by atoms with van der Waals surface area (Å²) in [6, 6.07) is 10.9. The summed E-state index contributed by atoms with van der Waals surface area (Å²) >= 11 is 0. The predicted octanol–water partition coefficient (Wildman–Crippen LogP) is 2.67. The molecule has 1 aliphatic carbocycles. The number of hydrogen-bond acceptors (Lipinski definition) is 3. The van der Waals surface area contributed by atoms with Crippen LogP contribution in [0.25, 0.3) is 0 Å². The third-order valence-electron chi connectivity index (χ3n) is 5.75. The molecule has 0 unspecified atom stereocenters. The zero-order chi connectivity index (χ0) is 17.5. The van der Waals surface area contributed by atoms with Gasteiger partial charge in [-0.05, 0) is 57.2 Å². The van der Waals surface area contributed by atoms with Crippen LogP contribution in [0.3, 0.4) is 0 Å². The maximum atomic E-state index is 12.8. The van der Waals surface area contributed by atoms with Crippen molar-refractivity contribution < 1.29 is 4.79 Å². The van der Waals surface area contributed by atoms with Crippen LogP contribution in [0.15, 0.2) is 30.3 Å². The van der Waals surface area contributed by atoms with Gasteiger partial charge in [0.2, 0.25) is 5.91 Å². The molecule has 1 saturated carbocycles. The van der Waals surface area contributed by atoms with Gasteiger partial charge in [0.15, 0.2) is 0 Å². The highest BCUT2D eigenvalue weighted by molar-refractivity contribution is 5.79. The number of hydrogen-bond donors (Lipinski definition) is 1. The topological polar surface area (TPSA) is 49.6 Å². The number of benzene rings is 1. The van der Waals surface area contributed by atoms with E-state index >= 15 is 0 Å². The van der Waals surface area contributed by atoms with Crippen molar-refractivity contribution in [2.24, 2.45) is 11.7 Å². The summed E-state index contributed by atoms with van der Waals surface area (Å²) in [4.78, 5) is 17.5. The Balaban J connectivity index is 1.41. The molecule has 0 aromatic heterocycles. The second-order valence-corrected chi connectivity index (χ2v) is 7.73. The number of rotatable bonds is 5. The molecule has 2 N–H and O–H groups in total. The van der Waals surface area contributed by atoms with Gasteiger partial charge in [-0.3, -0.25) is 4.79 Å². The maximum absolute atomic E-state index is 12.8. The Labute approximate surface area is 152 Å². The smallest absolute Gasteiger partial charge is 0.225 e. The molecule has 1 amide bonds. The van der Waals surface area contributed by atoms with Gasteiger partial charge in [-0.25, -0.2) is 0 Å². The molecule has 2 aliphatic rings. The van der Waals surface area contributed by atoms with Crippen LogP contribution >= 0.6 is 0 Å². The summed E-state index contributed by atoms with van der Waals surface area (Å²) in [7, 11) is 0. The first-order valence-corrected chi connectivity index (χ1v) is 10.0. The molecule has 1 aromatic rings. The first kappa shape index (κ1) is 18.4. The van der Waals surface area contributed by atoms with Gasteiger partial charge in [-0.2, -0.15) is 0 Å². The van der Waals surface area contributed by atoms with Crippen molar-refractivity contribution in [3.63, 3.8) is 0 Å². The summed E-state index contributed by atoms with van der Waals surface area (Å²) in [6.07, 6.45) is 7.53. The predicted molar refractivity (Wildman–Crippen MR) is 102 cm³/mol. The SMILES string of the molecule is N[C@H]1CCC[C@@H](C(=O)N2CCCN(CCCc3ccccc3)CC2)C1. The van der Waals surface area contributed by atoms with E-state index in [0.29, 0.717) is 5.91 Å². The van der Waals surface area contributed by atoms with Crippen molar-refractivity contribution in [3.05, 3.63) is 35.9 Å². The molecule has 1 saturated heterocycles. The Bertz CT molecular complexity index is 533. The van der Waals surface area contributed by atoms with Crippen LogP contribution in [0, 0.1) is 5.92 Å². The van der Waals surface area contributed by atoms with Crippen LogP contribution in [0.1, 0.15) is 44.1 Å². The standard InChI is InChI=1S/C21H33N3O/c22-20-11-4-10-19(17-20)21(25)24-14-6-13-23(15-16-24)12-5-9-18-7-2-1-3-8-18/h1-3,7-8,19-20H,4-6,9-17,22H2/t19-,20+/m1/s1. The van der Waals surface area contributed by atoms with Crippen LogP contribution in [-0.2, 0) is 11.2 Å². The summed E-state index contributed by atoms with van der Waals surface area (Å²) < 4.78 is 0. The van der Waals surface area contributed by atoms with Crippen molar-refractivity contribution >= 4 is 5.91 Å². The van der Waals surface area contributed by atoms with Gasteiger partial charge < -0.3 is 15.5 Å². The van der Waals surface area contributed by atoms with E-state index in [0.717, 1.165) is 71.2 Å². The Hall–Kier alpha value is -1.39. The number of aryl methyl sites for hydroxylation is 1. The zero-order valence-electron chi connectivity index (χ0n) is 15.4. The van der Waals surface area contributed by atoms with Crippen molar-refractivity contribution in [2.75, 3.05) is 32.7 Å². The van der Waals surface area contributed by atoms with Gasteiger partial charge in [0.1, 0.15) is 0 Å². The molecule has 1 aromatic carbocycles. The largest absolute Gasteiger partial charge is 0.341 e. The van der Waals surface area contributed by atoms with Crippen LogP contribution < -0.4 is 5.73 Å². The van der Waals surface area contributed by atoms with Crippen molar-refractivity contribution in [1.82, 2.24) is 9.80 Å². The minimum atomic E-state index is 0.174. The van der Waals surface area contributed by atoms with E-state index in [4.69, 9.17) is 5.73 Å². The molecule has 2 fully saturated rings. The number of nitrogens with zero attached hydrogens (tertiary/aromatic N) is 2. The molecule has 2 atom stereocenters. The Morgan fingerprint density at radius 3 is 2.68 bits per heavy atom. The summed E-state index contributed by atoms with van der Waals surface area (Å²) in [6.45, 7) is 5.06. The van der Waals surface area contributed by atoms with Crippen molar-refractivity contribution in [2.45, 2.75) is 51.0 Å². The van der Waals surface area contributed by atoms with E-state index in [2.05, 4.69) is 40.1 Å². The van der Waals surface area contributed by atoms with Crippen molar-refractivity contribution in [1.29, 1.82) is 0 Å². The second-order valence-electron chi connectivity index (χ2n) is 7.73. The van der Waals surface area contributed by atoms with Crippen LogP contribution in [0.4, 0.5) is 0 Å². The third-order valence-corrected chi connectivity index (χ3v) is 5.75. The van der Waals surface area contributed by atoms with Crippen LogP contribution in [-0.4, -0.2) is 54.5 Å². The van der Waals surface area contributed by atoms with Gasteiger partial charge in [-0.15, -0.1) is 0 Å². The number of carbonyl (C=O) groups is 1. The molecule has 0 radical (unpaired) electrons. The highest BCUT2D eigenvalue weighted by Crippen LogP contribution is 2.25. The maximum Gasteiger partial charge on any atom is 0.225 e. The molecular weight excluding hydrogens is 310 g/mol. The van der Waals surface area contributed by atoms with Crippen LogP contribution in [0.5, 0.6) is 0 Å². The number of carbonyl (C=O) groups excluding carboxylic acids is 1. The monoisotopic (exact) mass is 343 g/mol. The van der Waals surface area contributed by atoms with Gasteiger partial charge >= 0.3 is 0 Å². The fraction of sp³-hybridized carbons (Fsp3) is 0.667. The van der Waals surface area contributed by atoms with E-state index in [-0.39, 0.29) is 12.0 Å². The lowest BCUT2D eigenvalue weighted by molar-refractivity contribution is -0.136. The average molecular weight is 344 g/mol. The summed E-state index contributed by atoms with van der Waals surface area (Å²) in [5.41, 5.74) is 7.49. The van der Waals surface area contributed by atoms with Gasteiger partial charge in [0, 0.05) is 31.6 Å². The lowest BCUT2D eigenvalue weighted by atomic mass is 9.85. The quantitative estimate of drug-likeness (QED) is 0.894. The van der Waals surface area contributed by atoms with Crippen molar-refractivity contribution in [3.8, 4) is 0 Å². The summed E-state index contributed by atoms with van der Waals surface area (Å²) in [5, 5.41) is 0. The van der Waals surface area contributed by atoms with Gasteiger partial charge in [-0.1, -0.05) is 36.8 Å². The average Bonchev–Trinajstić information content (AvgIpc) is 2.88. The third kappa shape index (κ3) is 5.55. The molecule has 0 spiro atoms. The molecule has 4 heteroatoms.